The molecule has 10 heteroatoms. The van der Waals surface area contributed by atoms with E-state index in [-0.39, 0.29) is 67.2 Å². The van der Waals surface area contributed by atoms with Crippen LogP contribution in [-0.2, 0) is 4.79 Å². The van der Waals surface area contributed by atoms with Crippen LogP contribution in [0.5, 0.6) is 0 Å². The van der Waals surface area contributed by atoms with Crippen LogP contribution in [0.25, 0.3) is 10.9 Å². The highest BCUT2D eigenvalue weighted by molar-refractivity contribution is 6.45. The molecule has 34 heavy (non-hydrogen) atoms. The van der Waals surface area contributed by atoms with Gasteiger partial charge in [-0.05, 0) is 24.3 Å². The van der Waals surface area contributed by atoms with Crippen LogP contribution in [0.4, 0.5) is 4.39 Å². The van der Waals surface area contributed by atoms with Crippen molar-refractivity contribution in [1.82, 2.24) is 20.1 Å². The molecule has 0 aliphatic carbocycles. The average molecular weight is 465 g/mol. The Morgan fingerprint density at radius 3 is 2.29 bits per heavy atom. The first kappa shape index (κ1) is 23.1. The highest BCUT2D eigenvalue weighted by Crippen LogP contribution is 2.26. The molecule has 2 aromatic carbocycles. The Balaban J connectivity index is 1.49. The molecular weight excluding hydrogens is 441 g/mol. The van der Waals surface area contributed by atoms with Crippen molar-refractivity contribution in [2.45, 2.75) is 0 Å². The molecule has 176 valence electrons. The molecule has 0 unspecified atom stereocenters. The van der Waals surface area contributed by atoms with Crippen LogP contribution in [0.2, 0.25) is 0 Å². The standard InChI is InChI=1S/C24H24FN5O4/c25-18-7-6-16(22(32)27-9-8-26)20-19(18)17(14-28-20)21(31)24(34)30-12-10-29(11-13-30)23(33)15-4-2-1-3-5-15/h1-7,14,28H,8-13,26H2,(H,27,32). The summed E-state index contributed by atoms with van der Waals surface area (Å²) in [6.45, 7) is 1.40. The van der Waals surface area contributed by atoms with E-state index in [1.54, 1.807) is 29.2 Å². The molecule has 0 radical (unpaired) electrons. The van der Waals surface area contributed by atoms with E-state index in [9.17, 15) is 23.6 Å². The Hall–Kier alpha value is -4.05. The number of halogens is 1. The van der Waals surface area contributed by atoms with Crippen molar-refractivity contribution in [3.05, 3.63) is 71.2 Å². The average Bonchev–Trinajstić information content (AvgIpc) is 3.33. The van der Waals surface area contributed by atoms with Crippen LogP contribution in [0, 0.1) is 5.82 Å². The van der Waals surface area contributed by atoms with Crippen molar-refractivity contribution >= 4 is 34.4 Å². The summed E-state index contributed by atoms with van der Waals surface area (Å²) in [5, 5.41) is 2.49. The molecule has 4 rings (SSSR count). The van der Waals surface area contributed by atoms with Gasteiger partial charge in [0, 0.05) is 56.4 Å². The van der Waals surface area contributed by atoms with E-state index < -0.39 is 23.4 Å². The Labute approximate surface area is 194 Å². The largest absolute Gasteiger partial charge is 0.360 e. The molecule has 1 saturated heterocycles. The van der Waals surface area contributed by atoms with Crippen LogP contribution in [0.3, 0.4) is 0 Å². The summed E-state index contributed by atoms with van der Waals surface area (Å²) in [6, 6.07) is 11.2. The number of nitrogens with one attached hydrogen (secondary N) is 2. The maximum atomic E-state index is 14.6. The van der Waals surface area contributed by atoms with Crippen molar-refractivity contribution in [2.75, 3.05) is 39.3 Å². The fourth-order valence-corrected chi connectivity index (χ4v) is 3.99. The van der Waals surface area contributed by atoms with Crippen LogP contribution in [0.15, 0.2) is 48.7 Å². The Morgan fingerprint density at radius 2 is 1.62 bits per heavy atom. The van der Waals surface area contributed by atoms with Gasteiger partial charge in [-0.15, -0.1) is 0 Å². The van der Waals surface area contributed by atoms with Crippen molar-refractivity contribution < 1.29 is 23.6 Å². The number of amides is 3. The van der Waals surface area contributed by atoms with E-state index >= 15 is 0 Å². The van der Waals surface area contributed by atoms with Crippen molar-refractivity contribution in [3.63, 3.8) is 0 Å². The van der Waals surface area contributed by atoms with Crippen molar-refractivity contribution in [1.29, 1.82) is 0 Å². The minimum Gasteiger partial charge on any atom is -0.360 e. The summed E-state index contributed by atoms with van der Waals surface area (Å²) in [4.78, 5) is 56.6. The van der Waals surface area contributed by atoms with Gasteiger partial charge in [0.15, 0.2) is 0 Å². The lowest BCUT2D eigenvalue weighted by Crippen LogP contribution is -2.52. The predicted octanol–water partition coefficient (Wildman–Crippen LogP) is 1.16. The van der Waals surface area contributed by atoms with Gasteiger partial charge in [-0.2, -0.15) is 0 Å². The lowest BCUT2D eigenvalue weighted by Gasteiger charge is -2.34. The number of nitrogens with zero attached hydrogens (tertiary/aromatic N) is 2. The zero-order chi connectivity index (χ0) is 24.2. The number of Topliss-reactive ketones (excluding diaryl/α,β-unsaturated/α-hetero) is 1. The number of hydrogen-bond donors (Lipinski definition) is 3. The van der Waals surface area contributed by atoms with Crippen molar-refractivity contribution in [2.24, 2.45) is 5.73 Å². The lowest BCUT2D eigenvalue weighted by atomic mass is 10.0. The number of hydrogen-bond acceptors (Lipinski definition) is 5. The molecule has 3 aromatic rings. The highest BCUT2D eigenvalue weighted by atomic mass is 19.1. The molecule has 1 aliphatic heterocycles. The SMILES string of the molecule is NCCNC(=O)c1ccc(F)c2c(C(=O)C(=O)N3CCN(C(=O)c4ccccc4)CC3)c[nH]c12. The third-order valence-electron chi connectivity index (χ3n) is 5.77. The smallest absolute Gasteiger partial charge is 0.295 e. The topological polar surface area (TPSA) is 129 Å². The van der Waals surface area contributed by atoms with Crippen LogP contribution in [0.1, 0.15) is 31.1 Å². The molecule has 4 N–H and O–H groups in total. The second-order valence-electron chi connectivity index (χ2n) is 7.87. The molecule has 2 heterocycles. The monoisotopic (exact) mass is 465 g/mol. The van der Waals surface area contributed by atoms with E-state index in [2.05, 4.69) is 10.3 Å². The number of fused-ring (bicyclic) bond motifs is 1. The van der Waals surface area contributed by atoms with E-state index in [0.29, 0.717) is 5.56 Å². The molecular formula is C24H24FN5O4. The van der Waals surface area contributed by atoms with E-state index in [4.69, 9.17) is 5.73 Å². The fourth-order valence-electron chi connectivity index (χ4n) is 3.99. The van der Waals surface area contributed by atoms with E-state index in [1.807, 2.05) is 6.07 Å². The van der Waals surface area contributed by atoms with Gasteiger partial charge in [-0.25, -0.2) is 4.39 Å². The summed E-state index contributed by atoms with van der Waals surface area (Å²) in [5.74, 6) is -3.00. The number of aromatic nitrogens is 1. The minimum absolute atomic E-state index is 0.114. The molecule has 3 amide bonds. The number of rotatable bonds is 6. The summed E-state index contributed by atoms with van der Waals surface area (Å²) < 4.78 is 14.6. The summed E-state index contributed by atoms with van der Waals surface area (Å²) in [5.41, 5.74) is 6.08. The number of carbonyl (C=O) groups excluding carboxylic acids is 4. The summed E-state index contributed by atoms with van der Waals surface area (Å²) in [6.07, 6.45) is 1.24. The van der Waals surface area contributed by atoms with Crippen LogP contribution < -0.4 is 11.1 Å². The Morgan fingerprint density at radius 1 is 0.941 bits per heavy atom. The first-order valence-corrected chi connectivity index (χ1v) is 10.9. The van der Waals surface area contributed by atoms with Gasteiger partial charge < -0.3 is 25.8 Å². The van der Waals surface area contributed by atoms with E-state index in [1.165, 1.54) is 17.2 Å². The first-order chi connectivity index (χ1) is 16.4. The molecule has 9 nitrogen and oxygen atoms in total. The number of aromatic amines is 1. The van der Waals surface area contributed by atoms with Gasteiger partial charge >= 0.3 is 0 Å². The third kappa shape index (κ3) is 4.40. The summed E-state index contributed by atoms with van der Waals surface area (Å²) >= 11 is 0. The fraction of sp³-hybridized carbons (Fsp3) is 0.250. The number of H-pyrrole nitrogens is 1. The molecule has 1 fully saturated rings. The number of piperazine rings is 1. The number of carbonyl (C=O) groups is 4. The van der Waals surface area contributed by atoms with Crippen LogP contribution >= 0.6 is 0 Å². The molecule has 1 aliphatic rings. The zero-order valence-electron chi connectivity index (χ0n) is 18.3. The van der Waals surface area contributed by atoms with Crippen molar-refractivity contribution in [3.8, 4) is 0 Å². The molecule has 0 atom stereocenters. The summed E-state index contributed by atoms with van der Waals surface area (Å²) in [7, 11) is 0. The highest BCUT2D eigenvalue weighted by Gasteiger charge is 2.31. The first-order valence-electron chi connectivity index (χ1n) is 10.9. The number of ketones is 1. The van der Waals surface area contributed by atoms with Gasteiger partial charge in [-0.1, -0.05) is 18.2 Å². The third-order valence-corrected chi connectivity index (χ3v) is 5.77. The van der Waals surface area contributed by atoms with Gasteiger partial charge in [0.05, 0.1) is 16.6 Å². The van der Waals surface area contributed by atoms with Gasteiger partial charge in [0.2, 0.25) is 0 Å². The zero-order valence-corrected chi connectivity index (χ0v) is 18.3. The number of benzene rings is 2. The maximum absolute atomic E-state index is 14.6. The Kier molecular flexibility index (Phi) is 6.69. The van der Waals surface area contributed by atoms with Gasteiger partial charge in [0.25, 0.3) is 23.5 Å². The minimum atomic E-state index is -0.882. The second kappa shape index (κ2) is 9.84. The van der Waals surface area contributed by atoms with Gasteiger partial charge in [-0.3, -0.25) is 19.2 Å². The predicted molar refractivity (Wildman–Crippen MR) is 123 cm³/mol. The van der Waals surface area contributed by atoms with Crippen LogP contribution in [-0.4, -0.2) is 77.6 Å². The van der Waals surface area contributed by atoms with E-state index in [0.717, 1.165) is 6.07 Å². The maximum Gasteiger partial charge on any atom is 0.295 e. The number of nitrogens with two attached hydrogens (primary N) is 1. The second-order valence-corrected chi connectivity index (χ2v) is 7.87. The Bertz CT molecular complexity index is 1250. The normalized spacial score (nSPS) is 13.7. The molecule has 0 saturated carbocycles. The molecule has 0 bridgehead atoms. The lowest BCUT2D eigenvalue weighted by molar-refractivity contribution is -0.127. The molecule has 1 aromatic heterocycles. The molecule has 0 spiro atoms. The van der Waals surface area contributed by atoms with Gasteiger partial charge in [0.1, 0.15) is 5.82 Å². The quantitative estimate of drug-likeness (QED) is 0.372.